The van der Waals surface area contributed by atoms with E-state index in [1.54, 1.807) is 0 Å². The van der Waals surface area contributed by atoms with E-state index in [1.807, 2.05) is 0 Å². The van der Waals surface area contributed by atoms with E-state index in [2.05, 4.69) is 59.6 Å². The lowest BCUT2D eigenvalue weighted by atomic mass is 9.61. The van der Waals surface area contributed by atoms with E-state index in [1.165, 1.54) is 38.5 Å². The van der Waals surface area contributed by atoms with E-state index >= 15 is 0 Å². The normalized spacial score (nSPS) is 46.3. The molecule has 124 valence electrons. The number of rotatable bonds is 2. The maximum absolute atomic E-state index is 6.73. The molecule has 4 atom stereocenters. The molecule has 4 unspecified atom stereocenters. The maximum atomic E-state index is 6.73. The van der Waals surface area contributed by atoms with Crippen LogP contribution in [0.4, 0.5) is 0 Å². The molecule has 0 aliphatic heterocycles. The van der Waals surface area contributed by atoms with Crippen molar-refractivity contribution in [1.82, 2.24) is 0 Å². The van der Waals surface area contributed by atoms with Crippen molar-refractivity contribution in [2.45, 2.75) is 81.5 Å². The van der Waals surface area contributed by atoms with Gasteiger partial charge < -0.3 is 11.5 Å². The number of alkyl halides is 2. The van der Waals surface area contributed by atoms with Gasteiger partial charge in [0.25, 0.3) is 0 Å². The van der Waals surface area contributed by atoms with E-state index in [0.717, 1.165) is 6.42 Å². The molecular weight excluding hydrogens is 392 g/mol. The minimum absolute atomic E-state index is 0.143. The first-order valence-electron chi connectivity index (χ1n) is 8.37. The van der Waals surface area contributed by atoms with Crippen LogP contribution in [0.3, 0.4) is 0 Å². The standard InChI is InChI=1S/C17H32Br2N2/c1-14(2)9-5-7-12(16(14,18)20)11-13-8-6-10-15(3,4)17(13,19)21/h12-13H,5-11,20-21H2,1-4H3. The van der Waals surface area contributed by atoms with Crippen molar-refractivity contribution in [3.8, 4) is 0 Å². The number of hydrogen-bond donors (Lipinski definition) is 2. The van der Waals surface area contributed by atoms with E-state index in [9.17, 15) is 0 Å². The van der Waals surface area contributed by atoms with Crippen molar-refractivity contribution in [2.24, 2.45) is 34.1 Å². The molecule has 2 fully saturated rings. The summed E-state index contributed by atoms with van der Waals surface area (Å²) in [6.45, 7) is 9.18. The molecule has 21 heavy (non-hydrogen) atoms. The second-order valence-corrected chi connectivity index (χ2v) is 11.3. The van der Waals surface area contributed by atoms with E-state index in [4.69, 9.17) is 11.5 Å². The Labute approximate surface area is 147 Å². The van der Waals surface area contributed by atoms with Gasteiger partial charge in [-0.3, -0.25) is 0 Å². The second kappa shape index (κ2) is 5.75. The lowest BCUT2D eigenvalue weighted by Crippen LogP contribution is -2.59. The predicted molar refractivity (Wildman–Crippen MR) is 98.6 cm³/mol. The lowest BCUT2D eigenvalue weighted by Gasteiger charge is -2.54. The first-order chi connectivity index (χ1) is 9.42. The smallest absolute Gasteiger partial charge is 0.0797 e. The van der Waals surface area contributed by atoms with Gasteiger partial charge in [-0.05, 0) is 54.8 Å². The second-order valence-electron chi connectivity index (χ2n) is 8.72. The molecule has 4 heteroatoms. The van der Waals surface area contributed by atoms with E-state index in [0.29, 0.717) is 11.8 Å². The molecule has 0 aromatic rings. The number of nitrogens with two attached hydrogens (primary N) is 2. The predicted octanol–water partition coefficient (Wildman–Crippen LogP) is 5.13. The molecule has 0 radical (unpaired) electrons. The Bertz CT molecular complexity index is 352. The van der Waals surface area contributed by atoms with Gasteiger partial charge in [0.05, 0.1) is 8.90 Å². The molecule has 0 bridgehead atoms. The highest BCUT2D eigenvalue weighted by molar-refractivity contribution is 9.10. The van der Waals surface area contributed by atoms with Gasteiger partial charge in [-0.25, -0.2) is 0 Å². The minimum atomic E-state index is -0.275. The Hall–Kier alpha value is 0.880. The Morgan fingerprint density at radius 3 is 1.48 bits per heavy atom. The molecule has 0 spiro atoms. The van der Waals surface area contributed by atoms with Gasteiger partial charge in [-0.15, -0.1) is 0 Å². The van der Waals surface area contributed by atoms with E-state index in [-0.39, 0.29) is 19.7 Å². The monoisotopic (exact) mass is 422 g/mol. The number of halogens is 2. The highest BCUT2D eigenvalue weighted by atomic mass is 79.9. The van der Waals surface area contributed by atoms with Gasteiger partial charge >= 0.3 is 0 Å². The molecule has 0 aromatic carbocycles. The van der Waals surface area contributed by atoms with Crippen LogP contribution in [0.25, 0.3) is 0 Å². The zero-order valence-corrected chi connectivity index (χ0v) is 17.2. The van der Waals surface area contributed by atoms with Crippen LogP contribution >= 0.6 is 31.9 Å². The summed E-state index contributed by atoms with van der Waals surface area (Å²) in [5, 5.41) is 0. The summed E-state index contributed by atoms with van der Waals surface area (Å²) in [5.41, 5.74) is 13.8. The van der Waals surface area contributed by atoms with Crippen LogP contribution in [0.15, 0.2) is 0 Å². The van der Waals surface area contributed by atoms with Crippen LogP contribution in [0, 0.1) is 22.7 Å². The van der Waals surface area contributed by atoms with Gasteiger partial charge in [-0.1, -0.05) is 72.4 Å². The maximum Gasteiger partial charge on any atom is 0.0797 e. The average Bonchev–Trinajstić information content (AvgIpc) is 2.31. The molecule has 2 aliphatic carbocycles. The lowest BCUT2D eigenvalue weighted by molar-refractivity contribution is 0.0566. The third-order valence-corrected chi connectivity index (χ3v) is 9.98. The minimum Gasteiger partial charge on any atom is -0.316 e. The molecule has 0 heterocycles. The molecule has 2 aliphatic rings. The van der Waals surface area contributed by atoms with Gasteiger partial charge in [0.15, 0.2) is 0 Å². The molecule has 0 saturated heterocycles. The summed E-state index contributed by atoms with van der Waals surface area (Å²) >= 11 is 7.79. The summed E-state index contributed by atoms with van der Waals surface area (Å²) in [5.74, 6) is 1.00. The topological polar surface area (TPSA) is 52.0 Å². The molecule has 2 nitrogen and oxygen atoms in total. The molecular formula is C17H32Br2N2. The highest BCUT2D eigenvalue weighted by Gasteiger charge is 2.53. The largest absolute Gasteiger partial charge is 0.316 e. The quantitative estimate of drug-likeness (QED) is 0.477. The van der Waals surface area contributed by atoms with Gasteiger partial charge in [0.1, 0.15) is 0 Å². The van der Waals surface area contributed by atoms with Crippen LogP contribution in [-0.2, 0) is 0 Å². The van der Waals surface area contributed by atoms with Gasteiger partial charge in [-0.2, -0.15) is 0 Å². The third kappa shape index (κ3) is 3.12. The molecule has 0 amide bonds. The third-order valence-electron chi connectivity index (χ3n) is 6.54. The van der Waals surface area contributed by atoms with Crippen molar-refractivity contribution in [2.75, 3.05) is 0 Å². The van der Waals surface area contributed by atoms with Crippen molar-refractivity contribution in [3.63, 3.8) is 0 Å². The van der Waals surface area contributed by atoms with Crippen LogP contribution in [0.2, 0.25) is 0 Å². The summed E-state index contributed by atoms with van der Waals surface area (Å²) in [6, 6.07) is 0. The fourth-order valence-electron chi connectivity index (χ4n) is 4.41. The van der Waals surface area contributed by atoms with Crippen molar-refractivity contribution < 1.29 is 0 Å². The highest BCUT2D eigenvalue weighted by Crippen LogP contribution is 2.56. The Morgan fingerprint density at radius 2 is 1.14 bits per heavy atom. The van der Waals surface area contributed by atoms with Gasteiger partial charge in [0, 0.05) is 0 Å². The zero-order valence-electron chi connectivity index (χ0n) is 14.0. The summed E-state index contributed by atoms with van der Waals surface area (Å²) < 4.78 is -0.550. The van der Waals surface area contributed by atoms with Crippen LogP contribution in [-0.4, -0.2) is 8.90 Å². The fraction of sp³-hybridized carbons (Fsp3) is 1.00. The first-order valence-corrected chi connectivity index (χ1v) is 9.96. The SMILES string of the molecule is CC1(C)CCCC(CC2CCCC(C)(C)C2(N)Br)C1(N)Br. The molecule has 2 saturated carbocycles. The summed E-state index contributed by atoms with van der Waals surface area (Å²) in [6.07, 6.45) is 8.50. The first kappa shape index (κ1) is 18.2. The van der Waals surface area contributed by atoms with Crippen molar-refractivity contribution in [3.05, 3.63) is 0 Å². The zero-order chi connectivity index (χ0) is 16.1. The van der Waals surface area contributed by atoms with Crippen molar-refractivity contribution >= 4 is 31.9 Å². The van der Waals surface area contributed by atoms with Crippen LogP contribution in [0.1, 0.15) is 72.6 Å². The van der Waals surface area contributed by atoms with Crippen molar-refractivity contribution in [1.29, 1.82) is 0 Å². The molecule has 2 rings (SSSR count). The average molecular weight is 424 g/mol. The molecule has 0 aromatic heterocycles. The number of hydrogen-bond acceptors (Lipinski definition) is 2. The summed E-state index contributed by atoms with van der Waals surface area (Å²) in [7, 11) is 0. The Kier molecular flexibility index (Phi) is 4.99. The van der Waals surface area contributed by atoms with E-state index < -0.39 is 0 Å². The van der Waals surface area contributed by atoms with Gasteiger partial charge in [0.2, 0.25) is 0 Å². The molecule has 4 N–H and O–H groups in total. The summed E-state index contributed by atoms with van der Waals surface area (Å²) in [4.78, 5) is 0. The Morgan fingerprint density at radius 1 is 0.810 bits per heavy atom. The van der Waals surface area contributed by atoms with Crippen LogP contribution < -0.4 is 11.5 Å². The fourth-order valence-corrected chi connectivity index (χ4v) is 5.64. The van der Waals surface area contributed by atoms with Crippen LogP contribution in [0.5, 0.6) is 0 Å². The Balaban J connectivity index is 2.17.